The van der Waals surface area contributed by atoms with Gasteiger partial charge < -0.3 is 4.90 Å². The van der Waals surface area contributed by atoms with Crippen molar-refractivity contribution in [3.8, 4) is 0 Å². The van der Waals surface area contributed by atoms with Crippen LogP contribution in [-0.4, -0.2) is 28.5 Å². The van der Waals surface area contributed by atoms with Gasteiger partial charge in [0, 0.05) is 36.3 Å². The van der Waals surface area contributed by atoms with E-state index in [1.165, 1.54) is 24.1 Å². The predicted molar refractivity (Wildman–Crippen MR) is 132 cm³/mol. The molecule has 1 heterocycles. The summed E-state index contributed by atoms with van der Waals surface area (Å²) in [6.07, 6.45) is -7.93. The van der Waals surface area contributed by atoms with Crippen molar-refractivity contribution >= 4 is 17.4 Å². The van der Waals surface area contributed by atoms with Gasteiger partial charge in [-0.3, -0.25) is 14.3 Å². The van der Waals surface area contributed by atoms with Crippen LogP contribution in [0.5, 0.6) is 0 Å². The summed E-state index contributed by atoms with van der Waals surface area (Å²) in [7, 11) is 1.50. The van der Waals surface area contributed by atoms with Crippen molar-refractivity contribution in [2.45, 2.75) is 57.4 Å². The Labute approximate surface area is 221 Å². The summed E-state index contributed by atoms with van der Waals surface area (Å²) in [6, 6.07) is 13.1. The normalized spacial score (nSPS) is 14.5. The zero-order valence-corrected chi connectivity index (χ0v) is 21.1. The molecule has 208 valence electrons. The molecule has 0 bridgehead atoms. The number of ketones is 1. The summed E-state index contributed by atoms with van der Waals surface area (Å²) >= 11 is 0. The second kappa shape index (κ2) is 11.2. The van der Waals surface area contributed by atoms with Crippen LogP contribution in [0.4, 0.5) is 32.0 Å². The largest absolute Gasteiger partial charge is 0.435 e. The molecule has 1 aromatic heterocycles. The number of fused-ring (bicyclic) bond motifs is 1. The van der Waals surface area contributed by atoms with E-state index >= 15 is 0 Å². The number of para-hydroxylation sites is 1. The minimum atomic E-state index is -4.66. The van der Waals surface area contributed by atoms with Crippen molar-refractivity contribution in [2.24, 2.45) is 5.92 Å². The van der Waals surface area contributed by atoms with Gasteiger partial charge in [0.05, 0.1) is 12.1 Å². The highest BCUT2D eigenvalue weighted by molar-refractivity contribution is 5.97. The first kappa shape index (κ1) is 28.4. The summed E-state index contributed by atoms with van der Waals surface area (Å²) in [5, 5.41) is 3.71. The average Bonchev–Trinajstić information content (AvgIpc) is 3.26. The van der Waals surface area contributed by atoms with Crippen molar-refractivity contribution in [3.05, 3.63) is 82.7 Å². The minimum Gasteiger partial charge on any atom is -0.315 e. The number of anilines is 1. The van der Waals surface area contributed by atoms with Crippen LogP contribution < -0.4 is 4.90 Å². The maximum Gasteiger partial charge on any atom is 0.435 e. The maximum atomic E-state index is 13.6. The van der Waals surface area contributed by atoms with Crippen molar-refractivity contribution in [1.82, 2.24) is 9.78 Å². The number of nitrogens with zero attached hydrogens (tertiary/aromatic N) is 3. The molecule has 0 fully saturated rings. The molecule has 39 heavy (non-hydrogen) atoms. The van der Waals surface area contributed by atoms with Gasteiger partial charge in [0.2, 0.25) is 5.91 Å². The Morgan fingerprint density at radius 1 is 0.949 bits per heavy atom. The van der Waals surface area contributed by atoms with E-state index < -0.39 is 47.8 Å². The molecule has 1 aliphatic carbocycles. The van der Waals surface area contributed by atoms with Gasteiger partial charge in [-0.05, 0) is 55.9 Å². The van der Waals surface area contributed by atoms with Gasteiger partial charge in [-0.25, -0.2) is 0 Å². The SMILES string of the molecule is CN(C(=O)[C@@H](CC(=O)Cn1nc(C(F)(F)F)c2c1CCCC2)Cc1cccc(C(F)(F)F)c1)c1ccccc1. The first-order chi connectivity index (χ1) is 18.3. The average molecular weight is 552 g/mol. The lowest BCUT2D eigenvalue weighted by Crippen LogP contribution is -2.35. The molecule has 1 aliphatic rings. The number of Topliss-reactive ketones (excluding diaryl/α,β-unsaturated/α-hetero) is 1. The van der Waals surface area contributed by atoms with Gasteiger partial charge in [0.15, 0.2) is 11.5 Å². The van der Waals surface area contributed by atoms with E-state index in [-0.39, 0.29) is 30.4 Å². The molecule has 0 aliphatic heterocycles. The van der Waals surface area contributed by atoms with Crippen molar-refractivity contribution in [3.63, 3.8) is 0 Å². The van der Waals surface area contributed by atoms with E-state index in [1.807, 2.05) is 0 Å². The van der Waals surface area contributed by atoms with Gasteiger partial charge in [0.1, 0.15) is 0 Å². The van der Waals surface area contributed by atoms with Crippen LogP contribution in [0.2, 0.25) is 0 Å². The van der Waals surface area contributed by atoms with Gasteiger partial charge in [0.25, 0.3) is 0 Å². The molecule has 0 saturated heterocycles. The topological polar surface area (TPSA) is 55.2 Å². The van der Waals surface area contributed by atoms with Gasteiger partial charge in [-0.1, -0.05) is 36.4 Å². The van der Waals surface area contributed by atoms with Gasteiger partial charge in [-0.15, -0.1) is 0 Å². The summed E-state index contributed by atoms with van der Waals surface area (Å²) in [5.74, 6) is -2.07. The molecule has 5 nitrogen and oxygen atoms in total. The molecule has 3 aromatic rings. The summed E-state index contributed by atoms with van der Waals surface area (Å²) in [5.41, 5.74) is -0.665. The summed E-state index contributed by atoms with van der Waals surface area (Å²) in [4.78, 5) is 27.9. The number of carbonyl (C=O) groups is 2. The number of benzene rings is 2. The lowest BCUT2D eigenvalue weighted by molar-refractivity contribution is -0.142. The molecule has 0 saturated carbocycles. The fraction of sp³-hybridized carbons (Fsp3) is 0.393. The fourth-order valence-electron chi connectivity index (χ4n) is 4.99. The second-order valence-corrected chi connectivity index (χ2v) is 9.71. The molecule has 0 N–H and O–H groups in total. The Bertz CT molecular complexity index is 1330. The molecule has 2 aromatic carbocycles. The maximum absolute atomic E-state index is 13.6. The number of halogens is 6. The number of alkyl halides is 6. The zero-order valence-electron chi connectivity index (χ0n) is 21.1. The van der Waals surface area contributed by atoms with Crippen molar-refractivity contribution < 1.29 is 35.9 Å². The molecule has 0 radical (unpaired) electrons. The summed E-state index contributed by atoms with van der Waals surface area (Å²) < 4.78 is 81.6. The third kappa shape index (κ3) is 6.69. The predicted octanol–water partition coefficient (Wildman–Crippen LogP) is 6.28. The van der Waals surface area contributed by atoms with E-state index in [2.05, 4.69) is 5.10 Å². The van der Waals surface area contributed by atoms with E-state index in [9.17, 15) is 35.9 Å². The smallest absolute Gasteiger partial charge is 0.315 e. The molecular weight excluding hydrogens is 524 g/mol. The molecule has 4 rings (SSSR count). The number of rotatable bonds is 8. The fourth-order valence-corrected chi connectivity index (χ4v) is 4.99. The molecule has 0 spiro atoms. The minimum absolute atomic E-state index is 0.0990. The molecule has 0 unspecified atom stereocenters. The monoisotopic (exact) mass is 551 g/mol. The lowest BCUT2D eigenvalue weighted by Gasteiger charge is -2.24. The highest BCUT2D eigenvalue weighted by atomic mass is 19.4. The summed E-state index contributed by atoms with van der Waals surface area (Å²) in [6.45, 7) is -0.458. The van der Waals surface area contributed by atoms with E-state index in [0.717, 1.165) is 16.8 Å². The van der Waals surface area contributed by atoms with Crippen LogP contribution in [-0.2, 0) is 47.7 Å². The highest BCUT2D eigenvalue weighted by Crippen LogP contribution is 2.36. The van der Waals surface area contributed by atoms with E-state index in [4.69, 9.17) is 0 Å². The molecule has 1 amide bonds. The Morgan fingerprint density at radius 2 is 1.64 bits per heavy atom. The van der Waals surface area contributed by atoms with Crippen molar-refractivity contribution in [1.29, 1.82) is 0 Å². The van der Waals surface area contributed by atoms with Crippen LogP contribution in [0, 0.1) is 5.92 Å². The number of aromatic nitrogens is 2. The van der Waals surface area contributed by atoms with Gasteiger partial charge >= 0.3 is 12.4 Å². The third-order valence-electron chi connectivity index (χ3n) is 6.89. The third-order valence-corrected chi connectivity index (χ3v) is 6.89. The highest BCUT2D eigenvalue weighted by Gasteiger charge is 2.40. The zero-order chi connectivity index (χ0) is 28.4. The molecular formula is C28H27F6N3O2. The first-order valence-electron chi connectivity index (χ1n) is 12.5. The van der Waals surface area contributed by atoms with E-state index in [0.29, 0.717) is 30.6 Å². The van der Waals surface area contributed by atoms with Crippen LogP contribution in [0.15, 0.2) is 54.6 Å². The molecule has 1 atom stereocenters. The quantitative estimate of drug-likeness (QED) is 0.310. The Hall–Kier alpha value is -3.63. The standard InChI is InChI=1S/C28H27F6N3O2/c1-36(21-10-3-2-4-11-21)26(39)19(14-18-8-7-9-20(15-18)27(29,30)31)16-22(38)17-37-24-13-6-5-12-23(24)25(35-37)28(32,33)34/h2-4,7-11,15,19H,5-6,12-14,16-17H2,1H3/t19-/m1/s1. The van der Waals surface area contributed by atoms with Crippen molar-refractivity contribution in [2.75, 3.05) is 11.9 Å². The molecule has 11 heteroatoms. The van der Waals surface area contributed by atoms with Crippen LogP contribution >= 0.6 is 0 Å². The number of carbonyl (C=O) groups excluding carboxylic acids is 2. The Balaban J connectivity index is 1.60. The van der Waals surface area contributed by atoms with Crippen LogP contribution in [0.3, 0.4) is 0 Å². The second-order valence-electron chi connectivity index (χ2n) is 9.71. The first-order valence-corrected chi connectivity index (χ1v) is 12.5. The van der Waals surface area contributed by atoms with E-state index in [1.54, 1.807) is 30.3 Å². The number of hydrogen-bond donors (Lipinski definition) is 0. The van der Waals surface area contributed by atoms with Gasteiger partial charge in [-0.2, -0.15) is 31.4 Å². The lowest BCUT2D eigenvalue weighted by atomic mass is 9.91. The number of hydrogen-bond acceptors (Lipinski definition) is 3. The Kier molecular flexibility index (Phi) is 8.17. The number of amides is 1. The van der Waals surface area contributed by atoms with Crippen LogP contribution in [0.1, 0.15) is 47.3 Å². The van der Waals surface area contributed by atoms with Crippen LogP contribution in [0.25, 0.3) is 0 Å². The Morgan fingerprint density at radius 3 is 2.31 bits per heavy atom.